The number of hydrogen-bond donors (Lipinski definition) is 0. The van der Waals surface area contributed by atoms with Crippen molar-refractivity contribution in [2.24, 2.45) is 0 Å². The van der Waals surface area contributed by atoms with Gasteiger partial charge in [-0.1, -0.05) is 47.5 Å². The van der Waals surface area contributed by atoms with E-state index in [0.717, 1.165) is 22.4 Å². The van der Waals surface area contributed by atoms with Gasteiger partial charge in [0.15, 0.2) is 0 Å². The number of aryl methyl sites for hydroxylation is 2. The lowest BCUT2D eigenvalue weighted by atomic mass is 10.0. The molecule has 1 amide bonds. The second kappa shape index (κ2) is 9.94. The molecule has 0 aliphatic heterocycles. The normalized spacial score (nSPS) is 11.5. The van der Waals surface area contributed by atoms with Crippen LogP contribution >= 0.6 is 0 Å². The highest BCUT2D eigenvalue weighted by Gasteiger charge is 2.29. The minimum atomic E-state index is -0.737. The van der Waals surface area contributed by atoms with Crippen LogP contribution in [0.2, 0.25) is 0 Å². The molecule has 0 bridgehead atoms. The number of nitrogens with zero attached hydrogens (tertiary/aromatic N) is 1. The third kappa shape index (κ3) is 5.72. The number of hydrogen-bond acceptors (Lipinski definition) is 4. The van der Waals surface area contributed by atoms with Crippen molar-refractivity contribution in [3.63, 3.8) is 0 Å². The molecule has 0 saturated heterocycles. The Hall–Kier alpha value is -3.60. The molecule has 31 heavy (non-hydrogen) atoms. The number of para-hydroxylation sites is 1. The smallest absolute Gasteiger partial charge is 0.328 e. The van der Waals surface area contributed by atoms with Gasteiger partial charge >= 0.3 is 5.97 Å². The third-order valence-corrected chi connectivity index (χ3v) is 5.06. The fourth-order valence-electron chi connectivity index (χ4n) is 3.50. The summed E-state index contributed by atoms with van der Waals surface area (Å²) >= 11 is 0. The summed E-state index contributed by atoms with van der Waals surface area (Å²) in [6.45, 7) is 3.89. The molecular formula is C26H27NO4. The van der Waals surface area contributed by atoms with Gasteiger partial charge in [-0.05, 0) is 55.8 Å². The Morgan fingerprint density at radius 2 is 1.45 bits per heavy atom. The number of benzene rings is 3. The Morgan fingerprint density at radius 1 is 0.871 bits per heavy atom. The Kier molecular flexibility index (Phi) is 7.08. The number of ether oxygens (including phenoxy) is 2. The molecule has 0 aliphatic carbocycles. The molecule has 0 heterocycles. The second-order valence-corrected chi connectivity index (χ2v) is 7.59. The molecule has 5 heteroatoms. The summed E-state index contributed by atoms with van der Waals surface area (Å²) in [6.07, 6.45) is 0.339. The summed E-state index contributed by atoms with van der Waals surface area (Å²) in [5, 5.41) is 0. The molecule has 3 aromatic rings. The number of carbonyl (C=O) groups excluding carboxylic acids is 2. The molecule has 1 atom stereocenters. The predicted octanol–water partition coefficient (Wildman–Crippen LogP) is 4.95. The summed E-state index contributed by atoms with van der Waals surface area (Å²) in [5.41, 5.74) is 3.46. The van der Waals surface area contributed by atoms with Gasteiger partial charge in [0.25, 0.3) is 5.91 Å². The van der Waals surface area contributed by atoms with E-state index in [0.29, 0.717) is 17.7 Å². The van der Waals surface area contributed by atoms with Crippen molar-refractivity contribution < 1.29 is 19.1 Å². The van der Waals surface area contributed by atoms with E-state index in [4.69, 9.17) is 9.47 Å². The lowest BCUT2D eigenvalue weighted by molar-refractivity contribution is -0.145. The minimum Gasteiger partial charge on any atom is -0.467 e. The van der Waals surface area contributed by atoms with Crippen molar-refractivity contribution in [3.8, 4) is 11.5 Å². The predicted molar refractivity (Wildman–Crippen MR) is 120 cm³/mol. The number of carbonyl (C=O) groups is 2. The molecule has 0 N–H and O–H groups in total. The molecule has 0 fully saturated rings. The molecule has 3 rings (SSSR count). The molecular weight excluding hydrogens is 390 g/mol. The fraction of sp³-hybridized carbons (Fsp3) is 0.231. The van der Waals surface area contributed by atoms with Crippen LogP contribution in [0.5, 0.6) is 11.5 Å². The Labute approximate surface area is 183 Å². The van der Waals surface area contributed by atoms with E-state index in [2.05, 4.69) is 0 Å². The third-order valence-electron chi connectivity index (χ3n) is 5.06. The van der Waals surface area contributed by atoms with Gasteiger partial charge in [0.2, 0.25) is 0 Å². The SMILES string of the molecule is COC(=O)[C@H](Cc1ccc(Oc2ccccc2)cc1)N(C)C(=O)c1cc(C)cc(C)c1. The second-order valence-electron chi connectivity index (χ2n) is 7.59. The number of likely N-dealkylation sites (N-methyl/N-ethyl adjacent to an activating group) is 1. The first-order chi connectivity index (χ1) is 14.9. The average Bonchev–Trinajstić information content (AvgIpc) is 2.77. The van der Waals surface area contributed by atoms with Gasteiger partial charge < -0.3 is 14.4 Å². The zero-order valence-corrected chi connectivity index (χ0v) is 18.3. The van der Waals surface area contributed by atoms with Crippen LogP contribution < -0.4 is 4.74 Å². The summed E-state index contributed by atoms with van der Waals surface area (Å²) in [5.74, 6) is 0.779. The van der Waals surface area contributed by atoms with E-state index in [9.17, 15) is 9.59 Å². The van der Waals surface area contributed by atoms with E-state index < -0.39 is 12.0 Å². The molecule has 0 aromatic heterocycles. The first kappa shape index (κ1) is 22.1. The summed E-state index contributed by atoms with van der Waals surface area (Å²) in [7, 11) is 2.97. The molecule has 0 radical (unpaired) electrons. The van der Waals surface area contributed by atoms with Crippen LogP contribution in [0.15, 0.2) is 72.8 Å². The first-order valence-corrected chi connectivity index (χ1v) is 10.1. The maximum Gasteiger partial charge on any atom is 0.328 e. The monoisotopic (exact) mass is 417 g/mol. The standard InChI is InChI=1S/C26H27NO4/c1-18-14-19(2)16-21(15-18)25(28)27(3)24(26(29)30-4)17-20-10-12-23(13-11-20)31-22-8-6-5-7-9-22/h5-16,24H,17H2,1-4H3/t24-/m0/s1. The van der Waals surface area contributed by atoms with Gasteiger partial charge in [-0.25, -0.2) is 4.79 Å². The maximum absolute atomic E-state index is 13.1. The topological polar surface area (TPSA) is 55.8 Å². The summed E-state index contributed by atoms with van der Waals surface area (Å²) in [4.78, 5) is 27.0. The summed E-state index contributed by atoms with van der Waals surface area (Å²) in [6, 6.07) is 21.9. The molecule has 0 saturated carbocycles. The summed E-state index contributed by atoms with van der Waals surface area (Å²) < 4.78 is 10.8. The van der Waals surface area contributed by atoms with E-state index >= 15 is 0 Å². The zero-order chi connectivity index (χ0) is 22.4. The van der Waals surface area contributed by atoms with Gasteiger partial charge in [-0.15, -0.1) is 0 Å². The number of methoxy groups -OCH3 is 1. The van der Waals surface area contributed by atoms with Gasteiger partial charge in [0.1, 0.15) is 17.5 Å². The highest BCUT2D eigenvalue weighted by molar-refractivity contribution is 5.97. The van der Waals surface area contributed by atoms with E-state index in [1.54, 1.807) is 7.05 Å². The highest BCUT2D eigenvalue weighted by Crippen LogP contribution is 2.22. The highest BCUT2D eigenvalue weighted by atomic mass is 16.5. The van der Waals surface area contributed by atoms with Crippen molar-refractivity contribution in [3.05, 3.63) is 95.1 Å². The molecule has 5 nitrogen and oxygen atoms in total. The van der Waals surface area contributed by atoms with Crippen LogP contribution in [-0.4, -0.2) is 37.0 Å². The van der Waals surface area contributed by atoms with Gasteiger partial charge in [0.05, 0.1) is 7.11 Å². The fourth-order valence-corrected chi connectivity index (χ4v) is 3.50. The number of amides is 1. The van der Waals surface area contributed by atoms with Crippen molar-refractivity contribution in [1.29, 1.82) is 0 Å². The van der Waals surface area contributed by atoms with Crippen LogP contribution in [-0.2, 0) is 16.0 Å². The minimum absolute atomic E-state index is 0.216. The lowest BCUT2D eigenvalue weighted by Gasteiger charge is -2.26. The van der Waals surface area contributed by atoms with Crippen LogP contribution in [0.1, 0.15) is 27.0 Å². The van der Waals surface area contributed by atoms with Crippen molar-refractivity contribution in [2.75, 3.05) is 14.2 Å². The van der Waals surface area contributed by atoms with Crippen molar-refractivity contribution in [1.82, 2.24) is 4.90 Å². The number of rotatable bonds is 7. The lowest BCUT2D eigenvalue weighted by Crippen LogP contribution is -2.44. The van der Waals surface area contributed by atoms with Gasteiger partial charge in [-0.3, -0.25) is 4.79 Å². The zero-order valence-electron chi connectivity index (χ0n) is 18.3. The molecule has 0 unspecified atom stereocenters. The van der Waals surface area contributed by atoms with Crippen LogP contribution in [0, 0.1) is 13.8 Å². The number of esters is 1. The van der Waals surface area contributed by atoms with E-state index in [1.807, 2.05) is 86.6 Å². The Balaban J connectivity index is 1.76. The molecule has 160 valence electrons. The maximum atomic E-state index is 13.1. The molecule has 0 spiro atoms. The quantitative estimate of drug-likeness (QED) is 0.510. The molecule has 3 aromatic carbocycles. The largest absolute Gasteiger partial charge is 0.467 e. The van der Waals surface area contributed by atoms with E-state index in [-0.39, 0.29) is 5.91 Å². The van der Waals surface area contributed by atoms with Crippen LogP contribution in [0.4, 0.5) is 0 Å². The van der Waals surface area contributed by atoms with Gasteiger partial charge in [-0.2, -0.15) is 0 Å². The average molecular weight is 418 g/mol. The first-order valence-electron chi connectivity index (χ1n) is 10.1. The van der Waals surface area contributed by atoms with Crippen LogP contribution in [0.25, 0.3) is 0 Å². The van der Waals surface area contributed by atoms with Crippen molar-refractivity contribution >= 4 is 11.9 Å². The van der Waals surface area contributed by atoms with Crippen LogP contribution in [0.3, 0.4) is 0 Å². The Morgan fingerprint density at radius 3 is 2.03 bits per heavy atom. The van der Waals surface area contributed by atoms with Crippen molar-refractivity contribution in [2.45, 2.75) is 26.3 Å². The van der Waals surface area contributed by atoms with Gasteiger partial charge in [0, 0.05) is 19.0 Å². The molecule has 0 aliphatic rings. The Bertz CT molecular complexity index is 1020. The van der Waals surface area contributed by atoms with E-state index in [1.165, 1.54) is 12.0 Å².